The van der Waals surface area contributed by atoms with Gasteiger partial charge in [0.2, 0.25) is 0 Å². The highest BCUT2D eigenvalue weighted by Gasteiger charge is 2.39. The summed E-state index contributed by atoms with van der Waals surface area (Å²) in [5, 5.41) is 13.9. The highest BCUT2D eigenvalue weighted by molar-refractivity contribution is 7.05. The second-order valence-electron chi connectivity index (χ2n) is 13.9. The van der Waals surface area contributed by atoms with E-state index < -0.39 is 8.07 Å². The molecule has 0 amide bonds. The Morgan fingerprint density at radius 2 is 1.09 bits per heavy atom. The van der Waals surface area contributed by atoms with Crippen molar-refractivity contribution in [2.75, 3.05) is 0 Å². The minimum atomic E-state index is -2.03. The molecule has 2 aliphatic rings. The van der Waals surface area contributed by atoms with Gasteiger partial charge in [0.25, 0.3) is 0 Å². The fourth-order valence-corrected chi connectivity index (χ4v) is 12.4. The molecule has 1 heteroatoms. The van der Waals surface area contributed by atoms with E-state index in [4.69, 9.17) is 0 Å². The van der Waals surface area contributed by atoms with Crippen LogP contribution < -0.4 is 10.4 Å². The lowest BCUT2D eigenvalue weighted by Gasteiger charge is -2.24. The summed E-state index contributed by atoms with van der Waals surface area (Å²) in [5.74, 6) is 0. The van der Waals surface area contributed by atoms with E-state index in [0.29, 0.717) is 0 Å². The normalized spacial score (nSPS) is 14.5. The van der Waals surface area contributed by atoms with Crippen molar-refractivity contribution in [1.82, 2.24) is 0 Å². The van der Waals surface area contributed by atoms with Crippen LogP contribution in [0.5, 0.6) is 0 Å². The lowest BCUT2D eigenvalue weighted by atomic mass is 9.81. The van der Waals surface area contributed by atoms with Gasteiger partial charge in [0.05, 0.1) is 0 Å². The van der Waals surface area contributed by atoms with Crippen molar-refractivity contribution in [2.45, 2.75) is 25.9 Å². The third-order valence-corrected chi connectivity index (χ3v) is 14.6. The SMILES string of the molecule is C[Si]1(C)c2cc3c(-c4cccc5c4CCC=C5)c4ccccc4c(-c4cccc5ccccc45)c3cc2-c2ccc3ccccc3c21. The van der Waals surface area contributed by atoms with Gasteiger partial charge in [0, 0.05) is 0 Å². The van der Waals surface area contributed by atoms with Crippen LogP contribution >= 0.6 is 0 Å². The molecule has 0 unspecified atom stereocenters. The summed E-state index contributed by atoms with van der Waals surface area (Å²) in [6.45, 7) is 5.13. The number of benzene rings is 8. The molecule has 1 aliphatic heterocycles. The van der Waals surface area contributed by atoms with Crippen LogP contribution in [0.2, 0.25) is 13.1 Å². The lowest BCUT2D eigenvalue weighted by Crippen LogP contribution is -2.49. The van der Waals surface area contributed by atoms with Crippen molar-refractivity contribution >= 4 is 67.6 Å². The first kappa shape index (κ1) is 26.9. The van der Waals surface area contributed by atoms with Crippen LogP contribution in [0, 0.1) is 0 Å². The van der Waals surface area contributed by atoms with Crippen LogP contribution in [0.15, 0.2) is 140 Å². The zero-order valence-electron chi connectivity index (χ0n) is 26.8. The molecule has 8 aromatic carbocycles. The summed E-state index contributed by atoms with van der Waals surface area (Å²) in [6, 6.07) is 50.8. The maximum Gasteiger partial charge on any atom is 0.114 e. The molecular weight excluding hydrogens is 581 g/mol. The molecule has 0 atom stereocenters. The Morgan fingerprint density at radius 1 is 0.468 bits per heavy atom. The molecule has 0 saturated heterocycles. The number of hydrogen-bond donors (Lipinski definition) is 0. The highest BCUT2D eigenvalue weighted by Crippen LogP contribution is 2.48. The van der Waals surface area contributed by atoms with Crippen LogP contribution in [0.1, 0.15) is 17.5 Å². The molecule has 47 heavy (non-hydrogen) atoms. The van der Waals surface area contributed by atoms with E-state index in [-0.39, 0.29) is 0 Å². The van der Waals surface area contributed by atoms with Gasteiger partial charge in [-0.15, -0.1) is 0 Å². The molecular formula is C46H34Si. The Kier molecular flexibility index (Phi) is 5.66. The van der Waals surface area contributed by atoms with Crippen LogP contribution in [-0.2, 0) is 6.42 Å². The van der Waals surface area contributed by atoms with Crippen LogP contribution in [0.4, 0.5) is 0 Å². The van der Waals surface area contributed by atoms with Gasteiger partial charge in [-0.3, -0.25) is 0 Å². The van der Waals surface area contributed by atoms with E-state index in [1.165, 1.54) is 87.6 Å². The van der Waals surface area contributed by atoms with E-state index in [9.17, 15) is 0 Å². The Hall–Kier alpha value is -5.24. The number of hydrogen-bond acceptors (Lipinski definition) is 0. The van der Waals surface area contributed by atoms with E-state index >= 15 is 0 Å². The van der Waals surface area contributed by atoms with Gasteiger partial charge in [-0.25, -0.2) is 0 Å². The Morgan fingerprint density at radius 3 is 1.89 bits per heavy atom. The van der Waals surface area contributed by atoms with Gasteiger partial charge in [0.1, 0.15) is 8.07 Å². The topological polar surface area (TPSA) is 0 Å². The predicted molar refractivity (Wildman–Crippen MR) is 207 cm³/mol. The van der Waals surface area contributed by atoms with Crippen molar-refractivity contribution in [3.8, 4) is 33.4 Å². The zero-order valence-corrected chi connectivity index (χ0v) is 27.8. The Labute approximate surface area is 276 Å². The third-order valence-electron chi connectivity index (χ3n) is 11.1. The molecule has 1 aliphatic carbocycles. The average molecular weight is 615 g/mol. The zero-order chi connectivity index (χ0) is 31.3. The van der Waals surface area contributed by atoms with Gasteiger partial charge in [-0.1, -0.05) is 153 Å². The first-order valence-corrected chi connectivity index (χ1v) is 19.9. The molecule has 222 valence electrons. The van der Waals surface area contributed by atoms with Crippen LogP contribution in [0.25, 0.3) is 82.5 Å². The molecule has 0 bridgehead atoms. The van der Waals surface area contributed by atoms with Gasteiger partial charge < -0.3 is 0 Å². The van der Waals surface area contributed by atoms with Crippen molar-refractivity contribution in [2.24, 2.45) is 0 Å². The fraction of sp³-hybridized carbons (Fsp3) is 0.0870. The fourth-order valence-electron chi connectivity index (χ4n) is 9.00. The van der Waals surface area contributed by atoms with Crippen LogP contribution in [0.3, 0.4) is 0 Å². The second kappa shape index (κ2) is 9.88. The Bertz CT molecular complexity index is 2650. The number of rotatable bonds is 2. The first-order valence-electron chi connectivity index (χ1n) is 16.9. The third kappa shape index (κ3) is 3.75. The van der Waals surface area contributed by atoms with Crippen LogP contribution in [-0.4, -0.2) is 8.07 Å². The summed E-state index contributed by atoms with van der Waals surface area (Å²) < 4.78 is 0. The largest absolute Gasteiger partial charge is 0.114 e. The molecule has 10 rings (SSSR count). The summed E-state index contributed by atoms with van der Waals surface area (Å²) in [5.41, 5.74) is 11.1. The monoisotopic (exact) mass is 614 g/mol. The maximum absolute atomic E-state index is 2.64. The quantitative estimate of drug-likeness (QED) is 0.134. The van der Waals surface area contributed by atoms with Gasteiger partial charge >= 0.3 is 0 Å². The molecule has 0 fully saturated rings. The van der Waals surface area contributed by atoms with E-state index in [0.717, 1.165) is 12.8 Å². The van der Waals surface area contributed by atoms with Gasteiger partial charge in [-0.2, -0.15) is 0 Å². The lowest BCUT2D eigenvalue weighted by molar-refractivity contribution is 0.988. The highest BCUT2D eigenvalue weighted by atomic mass is 28.3. The molecule has 1 heterocycles. The molecule has 0 aromatic heterocycles. The number of allylic oxidation sites excluding steroid dienone is 1. The predicted octanol–water partition coefficient (Wildman–Crippen LogP) is 11.4. The van der Waals surface area contributed by atoms with Crippen molar-refractivity contribution in [3.63, 3.8) is 0 Å². The van der Waals surface area contributed by atoms with Gasteiger partial charge in [-0.05, 0) is 117 Å². The van der Waals surface area contributed by atoms with E-state index in [1.807, 2.05) is 0 Å². The minimum Gasteiger partial charge on any atom is -0.0836 e. The molecule has 0 saturated carbocycles. The summed E-state index contributed by atoms with van der Waals surface area (Å²) in [4.78, 5) is 0. The average Bonchev–Trinajstić information content (AvgIpc) is 3.35. The summed E-state index contributed by atoms with van der Waals surface area (Å²) in [6.07, 6.45) is 6.82. The molecule has 0 nitrogen and oxygen atoms in total. The standard InChI is InChI=1S/C46H34Si/c1-47(2)43-28-42-41(27-40(43)39-26-25-31-15-5-8-20-34(31)46(39)47)44(35-23-11-16-29-13-3-6-18-32(29)35)37-21-9-10-22-38(37)45(42)36-24-12-17-30-14-4-7-19-33(30)36/h3-6,8-18,20-28H,7,19H2,1-2H3. The molecule has 0 spiro atoms. The van der Waals surface area contributed by atoms with Crippen molar-refractivity contribution in [3.05, 3.63) is 151 Å². The molecule has 0 radical (unpaired) electrons. The summed E-state index contributed by atoms with van der Waals surface area (Å²) >= 11 is 0. The smallest absolute Gasteiger partial charge is 0.0836 e. The van der Waals surface area contributed by atoms with Crippen molar-refractivity contribution in [1.29, 1.82) is 0 Å². The second-order valence-corrected chi connectivity index (χ2v) is 18.2. The van der Waals surface area contributed by atoms with Gasteiger partial charge in [0.15, 0.2) is 0 Å². The number of fused-ring (bicyclic) bond motifs is 9. The first-order chi connectivity index (χ1) is 23.1. The molecule has 8 aromatic rings. The summed E-state index contributed by atoms with van der Waals surface area (Å²) in [7, 11) is -2.03. The van der Waals surface area contributed by atoms with E-state index in [1.54, 1.807) is 10.4 Å². The molecule has 0 N–H and O–H groups in total. The van der Waals surface area contributed by atoms with Crippen molar-refractivity contribution < 1.29 is 0 Å². The van der Waals surface area contributed by atoms with E-state index in [2.05, 4.69) is 159 Å². The minimum absolute atomic E-state index is 1.07. The Balaban J connectivity index is 1.42. The maximum atomic E-state index is 2.64.